The van der Waals surface area contributed by atoms with Crippen molar-refractivity contribution in [2.75, 3.05) is 26.1 Å². The standard InChI is InChI=1S/C19H25N3O2.HI/c1-5-20-19(21-13-15-8-6-14(2)7-9-15)22-16-10-11-17(23-3)18(12-16)24-4;/h6-12H,5,13H2,1-4H3,(H2,20,21,22);1H. The van der Waals surface area contributed by atoms with Crippen molar-refractivity contribution in [1.82, 2.24) is 5.32 Å². The summed E-state index contributed by atoms with van der Waals surface area (Å²) in [5.74, 6) is 2.10. The molecule has 0 fully saturated rings. The number of benzene rings is 2. The Morgan fingerprint density at radius 1 is 1.00 bits per heavy atom. The maximum absolute atomic E-state index is 5.33. The molecule has 2 aromatic carbocycles. The number of aryl methyl sites for hydroxylation is 1. The molecule has 0 radical (unpaired) electrons. The van der Waals surface area contributed by atoms with Crippen LogP contribution in [0.1, 0.15) is 18.1 Å². The summed E-state index contributed by atoms with van der Waals surface area (Å²) in [6.07, 6.45) is 0. The van der Waals surface area contributed by atoms with Crippen LogP contribution in [0.5, 0.6) is 11.5 Å². The van der Waals surface area contributed by atoms with Crippen LogP contribution < -0.4 is 20.1 Å². The second-order valence-electron chi connectivity index (χ2n) is 5.38. The zero-order valence-electron chi connectivity index (χ0n) is 15.1. The van der Waals surface area contributed by atoms with Gasteiger partial charge in [0.25, 0.3) is 0 Å². The minimum absolute atomic E-state index is 0. The van der Waals surface area contributed by atoms with Gasteiger partial charge < -0.3 is 20.1 Å². The maximum Gasteiger partial charge on any atom is 0.196 e. The number of rotatable bonds is 6. The smallest absolute Gasteiger partial charge is 0.196 e. The van der Waals surface area contributed by atoms with Crippen LogP contribution >= 0.6 is 24.0 Å². The van der Waals surface area contributed by atoms with Crippen molar-refractivity contribution in [3.05, 3.63) is 53.6 Å². The van der Waals surface area contributed by atoms with E-state index in [4.69, 9.17) is 9.47 Å². The Balaban J connectivity index is 0.00000312. The largest absolute Gasteiger partial charge is 0.493 e. The van der Waals surface area contributed by atoms with E-state index in [1.54, 1.807) is 14.2 Å². The van der Waals surface area contributed by atoms with Gasteiger partial charge in [0.1, 0.15) is 0 Å². The molecule has 0 spiro atoms. The van der Waals surface area contributed by atoms with Gasteiger partial charge in [-0.25, -0.2) is 4.99 Å². The first kappa shape index (κ1) is 21.1. The normalized spacial score (nSPS) is 10.6. The number of anilines is 1. The fourth-order valence-electron chi connectivity index (χ4n) is 2.22. The van der Waals surface area contributed by atoms with Crippen molar-refractivity contribution in [2.45, 2.75) is 20.4 Å². The number of hydrogen-bond acceptors (Lipinski definition) is 3. The van der Waals surface area contributed by atoms with Crippen LogP contribution in [0.2, 0.25) is 0 Å². The molecule has 5 nitrogen and oxygen atoms in total. The van der Waals surface area contributed by atoms with E-state index in [-0.39, 0.29) is 24.0 Å². The molecule has 0 aliphatic heterocycles. The van der Waals surface area contributed by atoms with E-state index in [9.17, 15) is 0 Å². The number of hydrogen-bond donors (Lipinski definition) is 2. The van der Waals surface area contributed by atoms with E-state index in [2.05, 4.69) is 46.8 Å². The van der Waals surface area contributed by atoms with Crippen LogP contribution in [-0.2, 0) is 6.54 Å². The van der Waals surface area contributed by atoms with Crippen LogP contribution in [0.25, 0.3) is 0 Å². The van der Waals surface area contributed by atoms with Gasteiger partial charge in [0.2, 0.25) is 0 Å². The zero-order valence-corrected chi connectivity index (χ0v) is 17.5. The SMILES string of the molecule is CCNC(=NCc1ccc(C)cc1)Nc1ccc(OC)c(OC)c1.I. The topological polar surface area (TPSA) is 54.9 Å². The van der Waals surface area contributed by atoms with Crippen molar-refractivity contribution in [1.29, 1.82) is 0 Å². The predicted octanol–water partition coefficient (Wildman–Crippen LogP) is 4.21. The van der Waals surface area contributed by atoms with Gasteiger partial charge in [-0.3, -0.25) is 0 Å². The van der Waals surface area contributed by atoms with E-state index in [1.807, 2.05) is 25.1 Å². The first-order chi connectivity index (χ1) is 11.7. The lowest BCUT2D eigenvalue weighted by molar-refractivity contribution is 0.355. The number of nitrogens with zero attached hydrogens (tertiary/aromatic N) is 1. The molecule has 2 rings (SSSR count). The number of halogens is 1. The molecule has 0 unspecified atom stereocenters. The molecule has 6 heteroatoms. The summed E-state index contributed by atoms with van der Waals surface area (Å²) in [5.41, 5.74) is 3.31. The number of guanidine groups is 1. The monoisotopic (exact) mass is 455 g/mol. The van der Waals surface area contributed by atoms with Gasteiger partial charge in [0.15, 0.2) is 17.5 Å². The molecule has 0 amide bonds. The lowest BCUT2D eigenvalue weighted by Crippen LogP contribution is -2.30. The van der Waals surface area contributed by atoms with Crippen molar-refractivity contribution in [3.8, 4) is 11.5 Å². The molecular weight excluding hydrogens is 429 g/mol. The number of aliphatic imine (C=N–C) groups is 1. The highest BCUT2D eigenvalue weighted by Gasteiger charge is 2.06. The van der Waals surface area contributed by atoms with Crippen LogP contribution in [0.3, 0.4) is 0 Å². The summed E-state index contributed by atoms with van der Waals surface area (Å²) in [7, 11) is 3.25. The van der Waals surface area contributed by atoms with Crippen molar-refractivity contribution >= 4 is 35.6 Å². The quantitative estimate of drug-likeness (QED) is 0.390. The predicted molar refractivity (Wildman–Crippen MR) is 115 cm³/mol. The second-order valence-corrected chi connectivity index (χ2v) is 5.38. The lowest BCUT2D eigenvalue weighted by atomic mass is 10.1. The molecule has 136 valence electrons. The Kier molecular flexibility index (Phi) is 9.12. The molecule has 0 bridgehead atoms. The molecule has 0 saturated carbocycles. The van der Waals surface area contributed by atoms with E-state index in [1.165, 1.54) is 11.1 Å². The van der Waals surface area contributed by atoms with Gasteiger partial charge in [0, 0.05) is 18.3 Å². The third-order valence-corrected chi connectivity index (χ3v) is 3.53. The highest BCUT2D eigenvalue weighted by Crippen LogP contribution is 2.29. The molecule has 2 N–H and O–H groups in total. The fourth-order valence-corrected chi connectivity index (χ4v) is 2.22. The van der Waals surface area contributed by atoms with E-state index >= 15 is 0 Å². The third kappa shape index (κ3) is 6.45. The van der Waals surface area contributed by atoms with E-state index in [0.29, 0.717) is 18.0 Å². The minimum atomic E-state index is 0. The summed E-state index contributed by atoms with van der Waals surface area (Å²) in [5, 5.41) is 6.54. The summed E-state index contributed by atoms with van der Waals surface area (Å²) in [6.45, 7) is 5.52. The Bertz CT molecular complexity index is 688. The van der Waals surface area contributed by atoms with Crippen LogP contribution in [-0.4, -0.2) is 26.7 Å². The molecule has 0 atom stereocenters. The molecule has 25 heavy (non-hydrogen) atoms. The molecule has 0 saturated heterocycles. The molecule has 0 aliphatic carbocycles. The summed E-state index contributed by atoms with van der Waals surface area (Å²) >= 11 is 0. The fraction of sp³-hybridized carbons (Fsp3) is 0.316. The summed E-state index contributed by atoms with van der Waals surface area (Å²) < 4.78 is 10.6. The summed E-state index contributed by atoms with van der Waals surface area (Å²) in [6, 6.07) is 14.1. The number of methoxy groups -OCH3 is 2. The van der Waals surface area contributed by atoms with Crippen molar-refractivity contribution < 1.29 is 9.47 Å². The molecule has 0 aliphatic rings. The van der Waals surface area contributed by atoms with Gasteiger partial charge >= 0.3 is 0 Å². The van der Waals surface area contributed by atoms with Gasteiger partial charge in [0.05, 0.1) is 20.8 Å². The van der Waals surface area contributed by atoms with Crippen molar-refractivity contribution in [3.63, 3.8) is 0 Å². The van der Waals surface area contributed by atoms with Gasteiger partial charge in [-0.1, -0.05) is 29.8 Å². The lowest BCUT2D eigenvalue weighted by Gasteiger charge is -2.14. The first-order valence-electron chi connectivity index (χ1n) is 7.99. The van der Waals surface area contributed by atoms with Crippen LogP contribution in [0, 0.1) is 6.92 Å². The maximum atomic E-state index is 5.33. The Morgan fingerprint density at radius 2 is 1.68 bits per heavy atom. The minimum Gasteiger partial charge on any atom is -0.493 e. The molecule has 0 aromatic heterocycles. The van der Waals surface area contributed by atoms with E-state index < -0.39 is 0 Å². The van der Waals surface area contributed by atoms with E-state index in [0.717, 1.165) is 18.2 Å². The third-order valence-electron chi connectivity index (χ3n) is 3.53. The highest BCUT2D eigenvalue weighted by molar-refractivity contribution is 14.0. The Hall–Kier alpha value is -1.96. The first-order valence-corrected chi connectivity index (χ1v) is 7.99. The second kappa shape index (κ2) is 10.8. The average molecular weight is 455 g/mol. The molecular formula is C19H26IN3O2. The zero-order chi connectivity index (χ0) is 17.4. The summed E-state index contributed by atoms with van der Waals surface area (Å²) in [4.78, 5) is 4.63. The Labute approximate surface area is 166 Å². The van der Waals surface area contributed by atoms with Gasteiger partial charge in [-0.15, -0.1) is 24.0 Å². The highest BCUT2D eigenvalue weighted by atomic mass is 127. The Morgan fingerprint density at radius 3 is 2.28 bits per heavy atom. The van der Waals surface area contributed by atoms with Gasteiger partial charge in [-0.2, -0.15) is 0 Å². The van der Waals surface area contributed by atoms with Crippen molar-refractivity contribution in [2.24, 2.45) is 4.99 Å². The van der Waals surface area contributed by atoms with Crippen LogP contribution in [0.4, 0.5) is 5.69 Å². The average Bonchev–Trinajstić information content (AvgIpc) is 2.61. The number of nitrogens with one attached hydrogen (secondary N) is 2. The molecule has 0 heterocycles. The molecule has 2 aromatic rings. The van der Waals surface area contributed by atoms with Crippen LogP contribution in [0.15, 0.2) is 47.5 Å². The number of ether oxygens (including phenoxy) is 2. The van der Waals surface area contributed by atoms with Gasteiger partial charge in [-0.05, 0) is 31.5 Å².